The number of aromatic nitrogens is 3. The van der Waals surface area contributed by atoms with Gasteiger partial charge in [0.25, 0.3) is 0 Å². The summed E-state index contributed by atoms with van der Waals surface area (Å²) >= 11 is 0. The van der Waals surface area contributed by atoms with Crippen molar-refractivity contribution in [2.75, 3.05) is 0 Å². The highest BCUT2D eigenvalue weighted by atomic mass is 14.9. The van der Waals surface area contributed by atoms with Crippen LogP contribution in [0.15, 0.2) is 24.5 Å². The molecule has 0 spiro atoms. The summed E-state index contributed by atoms with van der Waals surface area (Å²) in [5.41, 5.74) is 3.50. The predicted octanol–water partition coefficient (Wildman–Crippen LogP) is 2.72. The quantitative estimate of drug-likeness (QED) is 0.715. The van der Waals surface area contributed by atoms with E-state index in [1.807, 2.05) is 39.2 Å². The molecule has 0 saturated heterocycles. The number of nitrogens with zero attached hydrogens (tertiary/aromatic N) is 2. The monoisotopic (exact) mass is 203 g/mol. The van der Waals surface area contributed by atoms with Crippen LogP contribution in [0.5, 0.6) is 0 Å². The standard InChI is InChI=1S/C7H9N.C5H8N2/c1-6-4-3-5-8-7(6)2;1-4-3-6-5(2)7-4/h3-5H,1-2H3;3H,1-2H3,(H,6,7). The molecule has 0 unspecified atom stereocenters. The van der Waals surface area contributed by atoms with E-state index in [0.717, 1.165) is 17.2 Å². The predicted molar refractivity (Wildman–Crippen MR) is 61.8 cm³/mol. The number of hydrogen-bond acceptors (Lipinski definition) is 2. The fraction of sp³-hybridized carbons (Fsp3) is 0.333. The first-order chi connectivity index (χ1) is 7.09. The molecule has 0 saturated carbocycles. The van der Waals surface area contributed by atoms with Crippen molar-refractivity contribution in [1.29, 1.82) is 0 Å². The molecular formula is C12H17N3. The Morgan fingerprint density at radius 3 is 2.07 bits per heavy atom. The SMILES string of the molecule is Cc1cccnc1C.Cc1cnc(C)[nH]1. The average molecular weight is 203 g/mol. The van der Waals surface area contributed by atoms with Gasteiger partial charge in [-0.25, -0.2) is 4.98 Å². The summed E-state index contributed by atoms with van der Waals surface area (Å²) in [5.74, 6) is 0.984. The van der Waals surface area contributed by atoms with Crippen molar-refractivity contribution in [3.05, 3.63) is 47.3 Å². The van der Waals surface area contributed by atoms with Crippen LogP contribution in [0.2, 0.25) is 0 Å². The van der Waals surface area contributed by atoms with E-state index in [-0.39, 0.29) is 0 Å². The van der Waals surface area contributed by atoms with Gasteiger partial charge in [0.2, 0.25) is 0 Å². The van der Waals surface area contributed by atoms with Crippen LogP contribution in [0.25, 0.3) is 0 Å². The molecule has 0 atom stereocenters. The number of rotatable bonds is 0. The maximum Gasteiger partial charge on any atom is 0.103 e. The van der Waals surface area contributed by atoms with E-state index < -0.39 is 0 Å². The number of aromatic amines is 1. The molecule has 2 aromatic rings. The van der Waals surface area contributed by atoms with Crippen molar-refractivity contribution in [1.82, 2.24) is 15.0 Å². The first kappa shape index (κ1) is 11.4. The van der Waals surface area contributed by atoms with Crippen LogP contribution >= 0.6 is 0 Å². The molecule has 0 fully saturated rings. The second-order valence-electron chi connectivity index (χ2n) is 3.56. The zero-order valence-electron chi connectivity index (χ0n) is 9.70. The van der Waals surface area contributed by atoms with Crippen LogP contribution in [0.1, 0.15) is 22.8 Å². The average Bonchev–Trinajstić information content (AvgIpc) is 2.56. The number of pyridine rings is 1. The zero-order valence-corrected chi connectivity index (χ0v) is 9.70. The van der Waals surface area contributed by atoms with Crippen molar-refractivity contribution in [2.24, 2.45) is 0 Å². The van der Waals surface area contributed by atoms with Crippen LogP contribution in [0.3, 0.4) is 0 Å². The van der Waals surface area contributed by atoms with E-state index in [2.05, 4.69) is 27.9 Å². The summed E-state index contributed by atoms with van der Waals surface area (Å²) in [6, 6.07) is 4.00. The van der Waals surface area contributed by atoms with Gasteiger partial charge in [-0.3, -0.25) is 4.98 Å². The Hall–Kier alpha value is -1.64. The number of nitrogens with one attached hydrogen (secondary N) is 1. The fourth-order valence-corrected chi connectivity index (χ4v) is 1.11. The van der Waals surface area contributed by atoms with Crippen molar-refractivity contribution in [2.45, 2.75) is 27.7 Å². The largest absolute Gasteiger partial charge is 0.346 e. The molecule has 0 aliphatic heterocycles. The number of hydrogen-bond donors (Lipinski definition) is 1. The highest BCUT2D eigenvalue weighted by molar-refractivity contribution is 5.15. The molecule has 0 bridgehead atoms. The highest BCUT2D eigenvalue weighted by Gasteiger charge is 1.85. The van der Waals surface area contributed by atoms with E-state index in [1.54, 1.807) is 0 Å². The Bertz CT molecular complexity index is 381. The Kier molecular flexibility index (Phi) is 4.03. The summed E-state index contributed by atoms with van der Waals surface area (Å²) in [4.78, 5) is 11.1. The molecule has 15 heavy (non-hydrogen) atoms. The third-order valence-corrected chi connectivity index (χ3v) is 2.10. The van der Waals surface area contributed by atoms with Gasteiger partial charge in [-0.2, -0.15) is 0 Å². The number of H-pyrrole nitrogens is 1. The van der Waals surface area contributed by atoms with E-state index >= 15 is 0 Å². The third kappa shape index (κ3) is 3.94. The van der Waals surface area contributed by atoms with Crippen molar-refractivity contribution < 1.29 is 0 Å². The fourth-order valence-electron chi connectivity index (χ4n) is 1.11. The van der Waals surface area contributed by atoms with Gasteiger partial charge in [0.1, 0.15) is 5.82 Å². The van der Waals surface area contributed by atoms with Crippen LogP contribution in [0.4, 0.5) is 0 Å². The topological polar surface area (TPSA) is 41.6 Å². The lowest BCUT2D eigenvalue weighted by Crippen LogP contribution is -1.81. The van der Waals surface area contributed by atoms with Gasteiger partial charge in [0, 0.05) is 23.8 Å². The van der Waals surface area contributed by atoms with Crippen molar-refractivity contribution in [3.8, 4) is 0 Å². The minimum atomic E-state index is 0.984. The minimum Gasteiger partial charge on any atom is -0.346 e. The maximum absolute atomic E-state index is 4.08. The van der Waals surface area contributed by atoms with Gasteiger partial charge < -0.3 is 4.98 Å². The first-order valence-electron chi connectivity index (χ1n) is 4.96. The minimum absolute atomic E-state index is 0.984. The molecule has 1 N–H and O–H groups in total. The lowest BCUT2D eigenvalue weighted by molar-refractivity contribution is 1.13. The molecule has 2 heterocycles. The molecule has 3 heteroatoms. The van der Waals surface area contributed by atoms with E-state index in [0.29, 0.717) is 0 Å². The lowest BCUT2D eigenvalue weighted by Gasteiger charge is -1.92. The molecule has 3 nitrogen and oxygen atoms in total. The zero-order chi connectivity index (χ0) is 11.3. The maximum atomic E-state index is 4.08. The van der Waals surface area contributed by atoms with Gasteiger partial charge in [-0.15, -0.1) is 0 Å². The Morgan fingerprint density at radius 2 is 1.80 bits per heavy atom. The van der Waals surface area contributed by atoms with Gasteiger partial charge >= 0.3 is 0 Å². The Labute approximate surface area is 90.6 Å². The van der Waals surface area contributed by atoms with Gasteiger partial charge in [-0.1, -0.05) is 6.07 Å². The molecule has 0 aromatic carbocycles. The van der Waals surface area contributed by atoms with Crippen molar-refractivity contribution in [3.63, 3.8) is 0 Å². The van der Waals surface area contributed by atoms with Gasteiger partial charge in [-0.05, 0) is 39.3 Å². The van der Waals surface area contributed by atoms with E-state index in [9.17, 15) is 0 Å². The van der Waals surface area contributed by atoms with Crippen LogP contribution in [-0.4, -0.2) is 15.0 Å². The van der Waals surface area contributed by atoms with Gasteiger partial charge in [0.05, 0.1) is 0 Å². The summed E-state index contributed by atoms with van der Waals surface area (Å²) in [5, 5.41) is 0. The summed E-state index contributed by atoms with van der Waals surface area (Å²) < 4.78 is 0. The summed E-state index contributed by atoms with van der Waals surface area (Å²) in [6.45, 7) is 7.99. The smallest absolute Gasteiger partial charge is 0.103 e. The molecular weight excluding hydrogens is 186 g/mol. The lowest BCUT2D eigenvalue weighted by atomic mass is 10.2. The van der Waals surface area contributed by atoms with Crippen LogP contribution in [0, 0.1) is 27.7 Å². The van der Waals surface area contributed by atoms with Crippen LogP contribution in [-0.2, 0) is 0 Å². The Morgan fingerprint density at radius 1 is 1.07 bits per heavy atom. The van der Waals surface area contributed by atoms with E-state index in [4.69, 9.17) is 0 Å². The van der Waals surface area contributed by atoms with Crippen LogP contribution < -0.4 is 0 Å². The first-order valence-corrected chi connectivity index (χ1v) is 4.96. The van der Waals surface area contributed by atoms with E-state index in [1.165, 1.54) is 5.56 Å². The molecule has 80 valence electrons. The normalized spacial score (nSPS) is 9.33. The molecule has 2 rings (SSSR count). The van der Waals surface area contributed by atoms with Gasteiger partial charge in [0.15, 0.2) is 0 Å². The number of imidazole rings is 1. The summed E-state index contributed by atoms with van der Waals surface area (Å²) in [6.07, 6.45) is 3.62. The second-order valence-corrected chi connectivity index (χ2v) is 3.56. The highest BCUT2D eigenvalue weighted by Crippen LogP contribution is 1.98. The number of aryl methyl sites for hydroxylation is 4. The molecule has 2 aromatic heterocycles. The Balaban J connectivity index is 0.000000151. The molecule has 0 amide bonds. The molecule has 0 aliphatic carbocycles. The second kappa shape index (κ2) is 5.29. The summed E-state index contributed by atoms with van der Waals surface area (Å²) in [7, 11) is 0. The molecule has 0 aliphatic rings. The molecule has 0 radical (unpaired) electrons. The third-order valence-electron chi connectivity index (χ3n) is 2.10. The van der Waals surface area contributed by atoms with Crippen molar-refractivity contribution >= 4 is 0 Å².